The zero-order chi connectivity index (χ0) is 7.78. The number of nitrogens with two attached hydrogens (primary N) is 1. The van der Waals surface area contributed by atoms with Crippen LogP contribution in [-0.4, -0.2) is 22.5 Å². The lowest BCUT2D eigenvalue weighted by molar-refractivity contribution is 0.466. The van der Waals surface area contributed by atoms with Crippen LogP contribution in [0.2, 0.25) is 0 Å². The van der Waals surface area contributed by atoms with Crippen LogP contribution < -0.4 is 5.73 Å². The van der Waals surface area contributed by atoms with E-state index in [-0.39, 0.29) is 6.04 Å². The third-order valence-corrected chi connectivity index (χ3v) is 3.15. The molecule has 0 aromatic heterocycles. The molecule has 0 unspecified atom stereocenters. The highest BCUT2D eigenvalue weighted by Gasteiger charge is 2.35. The van der Waals surface area contributed by atoms with Gasteiger partial charge >= 0.3 is 0 Å². The number of hydrogen-bond acceptors (Lipinski definition) is 3. The predicted octanol–water partition coefficient (Wildman–Crippen LogP) is 0.453. The molecule has 0 aromatic carbocycles. The average Bonchev–Trinajstić information content (AvgIpc) is 2.11. The highest BCUT2D eigenvalue weighted by Crippen LogP contribution is 2.57. The summed E-state index contributed by atoms with van der Waals surface area (Å²) in [5.41, 5.74) is 5.54. The second-order valence-corrected chi connectivity index (χ2v) is 5.17. The Kier molecular flexibility index (Phi) is 2.11. The van der Waals surface area contributed by atoms with Gasteiger partial charge in [0.1, 0.15) is 12.0 Å². The predicted molar refractivity (Wildman–Crippen MR) is 42.6 cm³/mol. The first-order chi connectivity index (χ1) is 4.50. The average molecular weight is 162 g/mol. The summed E-state index contributed by atoms with van der Waals surface area (Å²) in [6.07, 6.45) is 3.37. The summed E-state index contributed by atoms with van der Waals surface area (Å²) in [6, 6.07) is 0.0358. The summed E-state index contributed by atoms with van der Waals surface area (Å²) in [5.74, 6) is 0. The molecule has 0 saturated carbocycles. The van der Waals surface area contributed by atoms with E-state index in [1.807, 2.05) is 0 Å². The fraction of sp³-hybridized carbons (Fsp3) is 0.667. The highest BCUT2D eigenvalue weighted by atomic mass is 31.2. The SMILES string of the molecule is C[P+](O)(O)C1=C[C@H](N)CC1. The van der Waals surface area contributed by atoms with Gasteiger partial charge in [-0.05, 0) is 12.5 Å². The van der Waals surface area contributed by atoms with Gasteiger partial charge in [-0.2, -0.15) is 0 Å². The van der Waals surface area contributed by atoms with Gasteiger partial charge in [-0.15, -0.1) is 0 Å². The molecule has 0 bridgehead atoms. The van der Waals surface area contributed by atoms with Crippen molar-refractivity contribution in [2.75, 3.05) is 6.66 Å². The Morgan fingerprint density at radius 1 is 1.70 bits per heavy atom. The maximum Gasteiger partial charge on any atom is 0.292 e. The molecule has 0 aromatic rings. The molecule has 4 N–H and O–H groups in total. The second kappa shape index (κ2) is 2.59. The molecular weight excluding hydrogens is 149 g/mol. The Labute approximate surface area is 61.1 Å². The topological polar surface area (TPSA) is 66.5 Å². The lowest BCUT2D eigenvalue weighted by Crippen LogP contribution is -2.11. The summed E-state index contributed by atoms with van der Waals surface area (Å²) >= 11 is 0. The van der Waals surface area contributed by atoms with Gasteiger partial charge in [-0.3, -0.25) is 0 Å². The number of hydrogen-bond donors (Lipinski definition) is 3. The van der Waals surface area contributed by atoms with Crippen LogP contribution in [0.5, 0.6) is 0 Å². The molecule has 0 spiro atoms. The molecule has 1 aliphatic carbocycles. The molecular formula is C6H13NO2P+. The molecule has 3 nitrogen and oxygen atoms in total. The minimum Gasteiger partial charge on any atom is -0.324 e. The van der Waals surface area contributed by atoms with E-state index < -0.39 is 7.72 Å². The fourth-order valence-corrected chi connectivity index (χ4v) is 2.11. The second-order valence-electron chi connectivity index (χ2n) is 2.77. The third-order valence-electron chi connectivity index (χ3n) is 1.68. The van der Waals surface area contributed by atoms with Crippen LogP contribution in [0.1, 0.15) is 12.8 Å². The molecule has 0 radical (unpaired) electrons. The number of rotatable bonds is 1. The van der Waals surface area contributed by atoms with E-state index in [4.69, 9.17) is 5.73 Å². The van der Waals surface area contributed by atoms with Gasteiger partial charge in [0.25, 0.3) is 7.72 Å². The Morgan fingerprint density at radius 2 is 2.30 bits per heavy atom. The standard InChI is InChI=1S/C6H13NO2P/c1-10(8,9)6-3-2-5(7)4-6/h4-5,8-9H,2-3,7H2,1H3/q+1/t5-/m1/s1. The van der Waals surface area contributed by atoms with Gasteiger partial charge in [0, 0.05) is 12.5 Å². The summed E-state index contributed by atoms with van der Waals surface area (Å²) in [4.78, 5) is 18.4. The minimum absolute atomic E-state index is 0.0358. The summed E-state index contributed by atoms with van der Waals surface area (Å²) in [5, 5.41) is 0.750. The molecule has 58 valence electrons. The van der Waals surface area contributed by atoms with Gasteiger partial charge in [-0.1, -0.05) is 0 Å². The Balaban J connectivity index is 2.67. The van der Waals surface area contributed by atoms with Crippen molar-refractivity contribution in [2.45, 2.75) is 18.9 Å². The van der Waals surface area contributed by atoms with Crippen molar-refractivity contribution in [1.82, 2.24) is 0 Å². The van der Waals surface area contributed by atoms with Crippen LogP contribution >= 0.6 is 7.72 Å². The molecule has 0 saturated heterocycles. The van der Waals surface area contributed by atoms with Crippen LogP contribution in [0.4, 0.5) is 0 Å². The van der Waals surface area contributed by atoms with E-state index in [0.29, 0.717) is 0 Å². The lowest BCUT2D eigenvalue weighted by Gasteiger charge is -2.04. The zero-order valence-corrected chi connectivity index (χ0v) is 6.88. The Hall–Kier alpha value is 0.0500. The van der Waals surface area contributed by atoms with Crippen molar-refractivity contribution in [3.05, 3.63) is 11.4 Å². The van der Waals surface area contributed by atoms with Crippen molar-refractivity contribution in [2.24, 2.45) is 5.73 Å². The van der Waals surface area contributed by atoms with Gasteiger partial charge in [-0.25, -0.2) is 9.79 Å². The monoisotopic (exact) mass is 162 g/mol. The summed E-state index contributed by atoms with van der Waals surface area (Å²) < 4.78 is 0. The Morgan fingerprint density at radius 3 is 2.50 bits per heavy atom. The van der Waals surface area contributed by atoms with E-state index in [2.05, 4.69) is 0 Å². The molecule has 1 atom stereocenters. The van der Waals surface area contributed by atoms with E-state index >= 15 is 0 Å². The fourth-order valence-electron chi connectivity index (χ4n) is 1.08. The van der Waals surface area contributed by atoms with Crippen LogP contribution in [0.3, 0.4) is 0 Å². The van der Waals surface area contributed by atoms with E-state index in [0.717, 1.165) is 18.2 Å². The van der Waals surface area contributed by atoms with Crippen molar-refractivity contribution in [3.8, 4) is 0 Å². The molecule has 1 rings (SSSR count). The first kappa shape index (κ1) is 8.15. The summed E-state index contributed by atoms with van der Waals surface area (Å²) in [7, 11) is -2.72. The molecule has 10 heavy (non-hydrogen) atoms. The quantitative estimate of drug-likeness (QED) is 0.490. The van der Waals surface area contributed by atoms with Crippen LogP contribution in [-0.2, 0) is 0 Å². The smallest absolute Gasteiger partial charge is 0.292 e. The van der Waals surface area contributed by atoms with Crippen molar-refractivity contribution in [3.63, 3.8) is 0 Å². The Bertz CT molecular complexity index is 162. The number of allylic oxidation sites excluding steroid dienone is 1. The van der Waals surface area contributed by atoms with Crippen molar-refractivity contribution >= 4 is 7.72 Å². The maximum absolute atomic E-state index is 9.18. The van der Waals surface area contributed by atoms with E-state index in [9.17, 15) is 9.79 Å². The highest BCUT2D eigenvalue weighted by molar-refractivity contribution is 7.68. The summed E-state index contributed by atoms with van der Waals surface area (Å²) in [6.45, 7) is 1.47. The minimum atomic E-state index is -2.72. The van der Waals surface area contributed by atoms with Gasteiger partial charge in [0.2, 0.25) is 0 Å². The van der Waals surface area contributed by atoms with Crippen molar-refractivity contribution < 1.29 is 9.79 Å². The first-order valence-electron chi connectivity index (χ1n) is 3.29. The molecule has 0 fully saturated rings. The van der Waals surface area contributed by atoms with Crippen LogP contribution in [0, 0.1) is 0 Å². The normalized spacial score (nSPS) is 26.8. The third kappa shape index (κ3) is 1.77. The van der Waals surface area contributed by atoms with Crippen molar-refractivity contribution in [1.29, 1.82) is 0 Å². The zero-order valence-electron chi connectivity index (χ0n) is 5.99. The first-order valence-corrected chi connectivity index (χ1v) is 5.43. The molecule has 4 heteroatoms. The van der Waals surface area contributed by atoms with Gasteiger partial charge in [0.15, 0.2) is 0 Å². The van der Waals surface area contributed by atoms with Gasteiger partial charge in [0.05, 0.1) is 0 Å². The van der Waals surface area contributed by atoms with Gasteiger partial charge < -0.3 is 5.73 Å². The molecule has 0 heterocycles. The molecule has 1 aliphatic rings. The lowest BCUT2D eigenvalue weighted by atomic mass is 10.3. The van der Waals surface area contributed by atoms with Crippen LogP contribution in [0.15, 0.2) is 11.4 Å². The van der Waals surface area contributed by atoms with Crippen LogP contribution in [0.25, 0.3) is 0 Å². The maximum atomic E-state index is 9.18. The largest absolute Gasteiger partial charge is 0.324 e. The molecule has 0 amide bonds. The van der Waals surface area contributed by atoms with E-state index in [1.54, 1.807) is 6.08 Å². The molecule has 0 aliphatic heterocycles. The van der Waals surface area contributed by atoms with E-state index in [1.165, 1.54) is 6.66 Å².